The van der Waals surface area contributed by atoms with Crippen LogP contribution in [0.2, 0.25) is 0 Å². The number of rotatable bonds is 8. The van der Waals surface area contributed by atoms with Crippen LogP contribution in [0.1, 0.15) is 27.2 Å². The van der Waals surface area contributed by atoms with Gasteiger partial charge >= 0.3 is 0 Å². The number of benzene rings is 1. The monoisotopic (exact) mass is 264 g/mol. The first-order chi connectivity index (χ1) is 9.08. The molecule has 19 heavy (non-hydrogen) atoms. The van der Waals surface area contributed by atoms with Crippen LogP contribution in [-0.4, -0.2) is 33.3 Å². The molecule has 0 saturated heterocycles. The van der Waals surface area contributed by atoms with E-state index in [1.54, 1.807) is 7.11 Å². The summed E-state index contributed by atoms with van der Waals surface area (Å²) in [6.07, 6.45) is 1.17. The third kappa shape index (κ3) is 5.11. The quantitative estimate of drug-likeness (QED) is 0.780. The van der Waals surface area contributed by atoms with Gasteiger partial charge in [-0.15, -0.1) is 0 Å². The molecule has 0 aliphatic heterocycles. The van der Waals surface area contributed by atoms with Crippen molar-refractivity contribution in [2.45, 2.75) is 33.2 Å². The van der Waals surface area contributed by atoms with Gasteiger partial charge in [-0.3, -0.25) is 0 Å². The summed E-state index contributed by atoms with van der Waals surface area (Å²) in [7, 11) is 3.84. The third-order valence-electron chi connectivity index (χ3n) is 3.43. The number of hydrogen-bond acceptors (Lipinski definition) is 3. The van der Waals surface area contributed by atoms with E-state index in [-0.39, 0.29) is 0 Å². The molecule has 108 valence electrons. The fourth-order valence-electron chi connectivity index (χ4n) is 2.09. The van der Waals surface area contributed by atoms with Crippen molar-refractivity contribution >= 4 is 5.69 Å². The number of hydrogen-bond donors (Lipinski definition) is 1. The number of ether oxygens (including phenoxy) is 1. The predicted octanol–water partition coefficient (Wildman–Crippen LogP) is 3.16. The molecular weight excluding hydrogens is 236 g/mol. The Morgan fingerprint density at radius 2 is 2.05 bits per heavy atom. The van der Waals surface area contributed by atoms with Crippen LogP contribution in [0.3, 0.4) is 0 Å². The molecule has 0 aromatic heterocycles. The fourth-order valence-corrected chi connectivity index (χ4v) is 2.09. The molecule has 1 rings (SSSR count). The molecule has 0 radical (unpaired) electrons. The molecule has 0 fully saturated rings. The lowest BCUT2D eigenvalue weighted by atomic mass is 10.0. The van der Waals surface area contributed by atoms with Gasteiger partial charge in [0.25, 0.3) is 0 Å². The summed E-state index contributed by atoms with van der Waals surface area (Å²) >= 11 is 0. The first kappa shape index (κ1) is 15.8. The molecule has 0 saturated carbocycles. The summed E-state index contributed by atoms with van der Waals surface area (Å²) in [6.45, 7) is 8.83. The van der Waals surface area contributed by atoms with E-state index >= 15 is 0 Å². The van der Waals surface area contributed by atoms with Gasteiger partial charge in [0.2, 0.25) is 0 Å². The molecule has 1 unspecified atom stereocenters. The van der Waals surface area contributed by atoms with Crippen molar-refractivity contribution in [2.24, 2.45) is 5.92 Å². The van der Waals surface area contributed by atoms with Gasteiger partial charge in [0, 0.05) is 31.4 Å². The van der Waals surface area contributed by atoms with Crippen LogP contribution < -0.4 is 15.0 Å². The summed E-state index contributed by atoms with van der Waals surface area (Å²) < 4.78 is 5.28. The van der Waals surface area contributed by atoms with Crippen molar-refractivity contribution in [1.29, 1.82) is 0 Å². The zero-order valence-corrected chi connectivity index (χ0v) is 12.9. The molecule has 0 bridgehead atoms. The first-order valence-corrected chi connectivity index (χ1v) is 7.17. The van der Waals surface area contributed by atoms with Gasteiger partial charge in [-0.05, 0) is 31.0 Å². The van der Waals surface area contributed by atoms with Crippen molar-refractivity contribution in [1.82, 2.24) is 5.32 Å². The molecule has 3 nitrogen and oxygen atoms in total. The molecule has 1 aromatic carbocycles. The molecule has 0 heterocycles. The second-order valence-electron chi connectivity index (χ2n) is 5.39. The Hall–Kier alpha value is -1.22. The van der Waals surface area contributed by atoms with Crippen molar-refractivity contribution < 1.29 is 4.74 Å². The Labute approximate surface area is 118 Å². The first-order valence-electron chi connectivity index (χ1n) is 7.17. The van der Waals surface area contributed by atoms with Gasteiger partial charge in [0.05, 0.1) is 7.11 Å². The van der Waals surface area contributed by atoms with E-state index in [1.807, 2.05) is 12.1 Å². The minimum absolute atomic E-state index is 0.510. The molecule has 1 aromatic rings. The molecular formula is C16H28N2O. The predicted molar refractivity (Wildman–Crippen MR) is 83.2 cm³/mol. The highest BCUT2D eigenvalue weighted by atomic mass is 16.5. The molecule has 0 spiro atoms. The number of likely N-dealkylation sites (N-methyl/N-ethyl adjacent to an activating group) is 1. The van der Waals surface area contributed by atoms with Gasteiger partial charge in [-0.1, -0.05) is 26.8 Å². The normalized spacial score (nSPS) is 12.5. The van der Waals surface area contributed by atoms with E-state index in [2.05, 4.69) is 50.2 Å². The number of nitrogens with zero attached hydrogens (tertiary/aromatic N) is 1. The summed E-state index contributed by atoms with van der Waals surface area (Å²) in [5, 5.41) is 3.63. The lowest BCUT2D eigenvalue weighted by Crippen LogP contribution is -2.43. The lowest BCUT2D eigenvalue weighted by molar-refractivity contribution is 0.401. The summed E-state index contributed by atoms with van der Waals surface area (Å²) in [4.78, 5) is 2.29. The Kier molecular flexibility index (Phi) is 6.71. The molecule has 1 N–H and O–H groups in total. The SMILES string of the molecule is CCCNC(CN(C)c1cccc(OC)c1)C(C)C. The Bertz CT molecular complexity index is 366. The molecule has 3 heteroatoms. The highest BCUT2D eigenvalue weighted by Gasteiger charge is 2.15. The smallest absolute Gasteiger partial charge is 0.120 e. The van der Waals surface area contributed by atoms with E-state index in [0.717, 1.165) is 18.8 Å². The van der Waals surface area contributed by atoms with Gasteiger partial charge in [0.15, 0.2) is 0 Å². The minimum Gasteiger partial charge on any atom is -0.497 e. The van der Waals surface area contributed by atoms with Crippen LogP contribution in [0.15, 0.2) is 24.3 Å². The second kappa shape index (κ2) is 8.05. The van der Waals surface area contributed by atoms with Crippen LogP contribution in [0.25, 0.3) is 0 Å². The third-order valence-corrected chi connectivity index (χ3v) is 3.43. The zero-order valence-electron chi connectivity index (χ0n) is 12.9. The fraction of sp³-hybridized carbons (Fsp3) is 0.625. The lowest BCUT2D eigenvalue weighted by Gasteiger charge is -2.29. The highest BCUT2D eigenvalue weighted by Crippen LogP contribution is 2.20. The zero-order chi connectivity index (χ0) is 14.3. The Morgan fingerprint density at radius 1 is 1.32 bits per heavy atom. The van der Waals surface area contributed by atoms with E-state index in [9.17, 15) is 0 Å². The van der Waals surface area contributed by atoms with Gasteiger partial charge in [-0.25, -0.2) is 0 Å². The minimum atomic E-state index is 0.510. The number of anilines is 1. The standard InChI is InChI=1S/C16H28N2O/c1-6-10-17-16(13(2)3)12-18(4)14-8-7-9-15(11-14)19-5/h7-9,11,13,16-17H,6,10,12H2,1-5H3. The molecule has 0 aliphatic carbocycles. The Balaban J connectivity index is 2.66. The van der Waals surface area contributed by atoms with E-state index < -0.39 is 0 Å². The van der Waals surface area contributed by atoms with Gasteiger partial charge < -0.3 is 15.0 Å². The van der Waals surface area contributed by atoms with Gasteiger partial charge in [0.1, 0.15) is 5.75 Å². The molecule has 1 atom stereocenters. The molecule has 0 amide bonds. The average Bonchev–Trinajstić information content (AvgIpc) is 2.42. The Morgan fingerprint density at radius 3 is 2.63 bits per heavy atom. The molecule has 0 aliphatic rings. The van der Waals surface area contributed by atoms with Crippen molar-refractivity contribution in [3.63, 3.8) is 0 Å². The summed E-state index contributed by atoms with van der Waals surface area (Å²) in [6, 6.07) is 8.73. The van der Waals surface area contributed by atoms with Gasteiger partial charge in [-0.2, -0.15) is 0 Å². The largest absolute Gasteiger partial charge is 0.497 e. The highest BCUT2D eigenvalue weighted by molar-refractivity contribution is 5.50. The van der Waals surface area contributed by atoms with Crippen LogP contribution in [0.5, 0.6) is 5.75 Å². The number of methoxy groups -OCH3 is 1. The summed E-state index contributed by atoms with van der Waals surface area (Å²) in [5.41, 5.74) is 1.20. The maximum atomic E-state index is 5.28. The second-order valence-corrected chi connectivity index (χ2v) is 5.39. The van der Waals surface area contributed by atoms with E-state index in [4.69, 9.17) is 4.74 Å². The van der Waals surface area contributed by atoms with Crippen molar-refractivity contribution in [3.05, 3.63) is 24.3 Å². The van der Waals surface area contributed by atoms with E-state index in [1.165, 1.54) is 12.1 Å². The van der Waals surface area contributed by atoms with E-state index in [0.29, 0.717) is 12.0 Å². The van der Waals surface area contributed by atoms with Crippen LogP contribution in [0, 0.1) is 5.92 Å². The van der Waals surface area contributed by atoms with Crippen molar-refractivity contribution in [3.8, 4) is 5.75 Å². The van der Waals surface area contributed by atoms with Crippen LogP contribution >= 0.6 is 0 Å². The topological polar surface area (TPSA) is 24.5 Å². The average molecular weight is 264 g/mol. The number of nitrogens with one attached hydrogen (secondary N) is 1. The maximum Gasteiger partial charge on any atom is 0.120 e. The summed E-state index contributed by atoms with van der Waals surface area (Å²) in [5.74, 6) is 1.53. The van der Waals surface area contributed by atoms with Crippen LogP contribution in [-0.2, 0) is 0 Å². The van der Waals surface area contributed by atoms with Crippen LogP contribution in [0.4, 0.5) is 5.69 Å². The maximum absolute atomic E-state index is 5.28. The van der Waals surface area contributed by atoms with Crippen molar-refractivity contribution in [2.75, 3.05) is 32.1 Å².